The van der Waals surface area contributed by atoms with Crippen LogP contribution in [-0.4, -0.2) is 0 Å². The van der Waals surface area contributed by atoms with Crippen LogP contribution in [0.4, 0.5) is 0 Å². The Hall–Kier alpha value is -0.790. The van der Waals surface area contributed by atoms with Gasteiger partial charge in [0.25, 0.3) is 0 Å². The number of hydrogen-bond acceptors (Lipinski definition) is 1. The number of rotatable bonds is 3. The Balaban J connectivity index is 1.76. The summed E-state index contributed by atoms with van der Waals surface area (Å²) in [5.74, 6) is 0. The van der Waals surface area contributed by atoms with Gasteiger partial charge in [0, 0.05) is 9.75 Å². The summed E-state index contributed by atoms with van der Waals surface area (Å²) in [4.78, 5) is 2.92. The predicted molar refractivity (Wildman–Crippen MR) is 84.6 cm³/mol. The molecule has 3 rings (SSSR count). The van der Waals surface area contributed by atoms with Crippen LogP contribution in [0.2, 0.25) is 0 Å². The van der Waals surface area contributed by atoms with E-state index in [0.29, 0.717) is 0 Å². The molecule has 0 N–H and O–H groups in total. The van der Waals surface area contributed by atoms with E-state index in [2.05, 4.69) is 38.1 Å². The summed E-state index contributed by atoms with van der Waals surface area (Å²) in [7, 11) is 0. The fourth-order valence-corrected chi connectivity index (χ4v) is 4.35. The van der Waals surface area contributed by atoms with E-state index in [1.54, 1.807) is 10.4 Å². The van der Waals surface area contributed by atoms with Crippen molar-refractivity contribution in [3.63, 3.8) is 0 Å². The molecule has 1 heterocycles. The second-order valence-corrected chi connectivity index (χ2v) is 7.24. The van der Waals surface area contributed by atoms with Gasteiger partial charge in [-0.05, 0) is 67.9 Å². The molecule has 0 nitrogen and oxygen atoms in total. The lowest BCUT2D eigenvalue weighted by Crippen LogP contribution is -1.95. The van der Waals surface area contributed by atoms with Gasteiger partial charge in [0.2, 0.25) is 0 Å². The van der Waals surface area contributed by atoms with E-state index < -0.39 is 0 Å². The van der Waals surface area contributed by atoms with E-state index in [4.69, 9.17) is 11.6 Å². The fraction of sp³-hybridized carbons (Fsp3) is 0.412. The van der Waals surface area contributed by atoms with Crippen LogP contribution >= 0.6 is 22.9 Å². The molecule has 100 valence electrons. The predicted octanol–water partition coefficient (Wildman–Crippen LogP) is 5.38. The Morgan fingerprint density at radius 1 is 1.16 bits per heavy atom. The lowest BCUT2D eigenvalue weighted by atomic mass is 10.0. The van der Waals surface area contributed by atoms with Crippen LogP contribution in [0.3, 0.4) is 0 Å². The molecule has 0 fully saturated rings. The molecule has 1 aromatic carbocycles. The maximum absolute atomic E-state index is 6.61. The number of benzene rings is 1. The highest BCUT2D eigenvalue weighted by atomic mass is 35.5. The SMILES string of the molecule is Cc1ccc(CC(Cl)c2cc3c(s2)CCC3)cc1C. The summed E-state index contributed by atoms with van der Waals surface area (Å²) in [5.41, 5.74) is 5.60. The summed E-state index contributed by atoms with van der Waals surface area (Å²) in [6, 6.07) is 9.01. The van der Waals surface area contributed by atoms with Gasteiger partial charge in [-0.15, -0.1) is 22.9 Å². The summed E-state index contributed by atoms with van der Waals surface area (Å²) in [6.45, 7) is 4.32. The zero-order chi connectivity index (χ0) is 13.4. The fourth-order valence-electron chi connectivity index (χ4n) is 2.74. The van der Waals surface area contributed by atoms with Gasteiger partial charge in [-0.3, -0.25) is 0 Å². The van der Waals surface area contributed by atoms with Crippen LogP contribution < -0.4 is 0 Å². The normalized spacial score (nSPS) is 15.5. The first-order valence-electron chi connectivity index (χ1n) is 6.95. The highest BCUT2D eigenvalue weighted by Gasteiger charge is 2.19. The smallest absolute Gasteiger partial charge is 0.0719 e. The van der Waals surface area contributed by atoms with Crippen molar-refractivity contribution in [1.82, 2.24) is 0 Å². The highest BCUT2D eigenvalue weighted by molar-refractivity contribution is 7.12. The van der Waals surface area contributed by atoms with Crippen molar-refractivity contribution in [3.05, 3.63) is 56.3 Å². The molecule has 2 aromatic rings. The standard InChI is InChI=1S/C17H19ClS/c1-11-6-7-13(8-12(11)2)9-15(18)17-10-14-4-3-5-16(14)19-17/h6-8,10,15H,3-5,9H2,1-2H3. The third kappa shape index (κ3) is 2.73. The average Bonchev–Trinajstić information content (AvgIpc) is 2.94. The van der Waals surface area contributed by atoms with Crippen molar-refractivity contribution in [2.45, 2.75) is 44.9 Å². The average molecular weight is 291 g/mol. The minimum Gasteiger partial charge on any atom is -0.144 e. The van der Waals surface area contributed by atoms with Crippen LogP contribution in [0.15, 0.2) is 24.3 Å². The van der Waals surface area contributed by atoms with Crippen molar-refractivity contribution in [2.24, 2.45) is 0 Å². The molecule has 0 saturated carbocycles. The maximum Gasteiger partial charge on any atom is 0.0719 e. The molecule has 2 heteroatoms. The molecule has 1 unspecified atom stereocenters. The summed E-state index contributed by atoms with van der Waals surface area (Å²) < 4.78 is 0. The van der Waals surface area contributed by atoms with Crippen LogP contribution in [-0.2, 0) is 19.3 Å². The molecule has 1 aliphatic carbocycles. The van der Waals surface area contributed by atoms with Gasteiger partial charge >= 0.3 is 0 Å². The van der Waals surface area contributed by atoms with E-state index in [0.717, 1.165) is 6.42 Å². The van der Waals surface area contributed by atoms with Gasteiger partial charge in [-0.2, -0.15) is 0 Å². The number of hydrogen-bond donors (Lipinski definition) is 0. The number of alkyl halides is 1. The van der Waals surface area contributed by atoms with Gasteiger partial charge in [-0.25, -0.2) is 0 Å². The molecule has 0 radical (unpaired) electrons. The van der Waals surface area contributed by atoms with Crippen LogP contribution in [0.1, 0.15) is 43.8 Å². The molecule has 1 aliphatic rings. The van der Waals surface area contributed by atoms with Gasteiger partial charge in [0.1, 0.15) is 0 Å². The van der Waals surface area contributed by atoms with E-state index in [1.165, 1.54) is 40.8 Å². The topological polar surface area (TPSA) is 0 Å². The Morgan fingerprint density at radius 3 is 2.74 bits per heavy atom. The lowest BCUT2D eigenvalue weighted by Gasteiger charge is -2.09. The molecular formula is C17H19ClS. The first kappa shape index (κ1) is 13.2. The third-order valence-corrected chi connectivity index (χ3v) is 5.93. The number of halogens is 1. The second-order valence-electron chi connectivity index (χ2n) is 5.54. The highest BCUT2D eigenvalue weighted by Crippen LogP contribution is 2.37. The Kier molecular flexibility index (Phi) is 3.68. The van der Waals surface area contributed by atoms with Gasteiger partial charge < -0.3 is 0 Å². The number of fused-ring (bicyclic) bond motifs is 1. The van der Waals surface area contributed by atoms with Crippen LogP contribution in [0, 0.1) is 13.8 Å². The largest absolute Gasteiger partial charge is 0.144 e. The summed E-state index contributed by atoms with van der Waals surface area (Å²) in [5, 5.41) is 0.123. The van der Waals surface area contributed by atoms with Crippen LogP contribution in [0.25, 0.3) is 0 Å². The van der Waals surface area contributed by atoms with Crippen molar-refractivity contribution in [1.29, 1.82) is 0 Å². The van der Waals surface area contributed by atoms with Crippen molar-refractivity contribution < 1.29 is 0 Å². The molecular weight excluding hydrogens is 272 g/mol. The summed E-state index contributed by atoms with van der Waals surface area (Å²) in [6.07, 6.45) is 4.76. The zero-order valence-electron chi connectivity index (χ0n) is 11.5. The Labute approximate surface area is 124 Å². The number of thiophene rings is 1. The van der Waals surface area contributed by atoms with E-state index in [9.17, 15) is 0 Å². The molecule has 1 aromatic heterocycles. The molecule has 19 heavy (non-hydrogen) atoms. The van der Waals surface area contributed by atoms with Gasteiger partial charge in [-0.1, -0.05) is 18.2 Å². The van der Waals surface area contributed by atoms with Gasteiger partial charge in [0.05, 0.1) is 5.38 Å². The monoisotopic (exact) mass is 290 g/mol. The summed E-state index contributed by atoms with van der Waals surface area (Å²) >= 11 is 8.53. The minimum atomic E-state index is 0.123. The second kappa shape index (κ2) is 5.30. The molecule has 0 saturated heterocycles. The molecule has 0 aliphatic heterocycles. The molecule has 1 atom stereocenters. The first-order chi connectivity index (χ1) is 9.13. The third-order valence-electron chi connectivity index (χ3n) is 4.06. The van der Waals surface area contributed by atoms with Crippen molar-refractivity contribution in [2.75, 3.05) is 0 Å². The van der Waals surface area contributed by atoms with Crippen molar-refractivity contribution in [3.8, 4) is 0 Å². The Bertz CT molecular complexity index is 576. The number of aryl methyl sites for hydroxylation is 4. The quantitative estimate of drug-likeness (QED) is 0.666. The lowest BCUT2D eigenvalue weighted by molar-refractivity contribution is 0.904. The van der Waals surface area contributed by atoms with Gasteiger partial charge in [0.15, 0.2) is 0 Å². The first-order valence-corrected chi connectivity index (χ1v) is 8.20. The van der Waals surface area contributed by atoms with E-state index >= 15 is 0 Å². The maximum atomic E-state index is 6.61. The minimum absolute atomic E-state index is 0.123. The molecule has 0 bridgehead atoms. The Morgan fingerprint density at radius 2 is 2.00 bits per heavy atom. The molecule has 0 amide bonds. The van der Waals surface area contributed by atoms with Crippen LogP contribution in [0.5, 0.6) is 0 Å². The van der Waals surface area contributed by atoms with E-state index in [1.807, 2.05) is 11.3 Å². The van der Waals surface area contributed by atoms with Crippen molar-refractivity contribution >= 4 is 22.9 Å². The van der Waals surface area contributed by atoms with E-state index in [-0.39, 0.29) is 5.38 Å². The molecule has 0 spiro atoms. The zero-order valence-corrected chi connectivity index (χ0v) is 13.1.